The highest BCUT2D eigenvalue weighted by Crippen LogP contribution is 2.17. The van der Waals surface area contributed by atoms with Gasteiger partial charge in [-0.2, -0.15) is 10.2 Å². The molecule has 0 saturated carbocycles. The maximum absolute atomic E-state index is 5.86. The van der Waals surface area contributed by atoms with Gasteiger partial charge in [-0.05, 0) is 24.3 Å². The molecule has 1 aliphatic rings. The summed E-state index contributed by atoms with van der Waals surface area (Å²) in [6.45, 7) is 0. The molecule has 1 aromatic rings. The lowest BCUT2D eigenvalue weighted by Gasteiger charge is -2.23. The van der Waals surface area contributed by atoms with Crippen molar-refractivity contribution in [2.24, 2.45) is 16.0 Å². The van der Waals surface area contributed by atoms with Crippen LogP contribution >= 0.6 is 0 Å². The Balaban J connectivity index is 2.02. The first-order valence-corrected chi connectivity index (χ1v) is 5.40. The van der Waals surface area contributed by atoms with Gasteiger partial charge >= 0.3 is 0 Å². The second-order valence-electron chi connectivity index (χ2n) is 3.82. The standard InChI is InChI=1S/C13H15N3O/c1-17-13(14)9-7-12(8-10-13)16-15-11-5-3-2-4-6-11/h2-10,12H,14H2,1H3/b16-15+. The molecule has 0 saturated heterocycles. The van der Waals surface area contributed by atoms with E-state index in [2.05, 4.69) is 10.2 Å². The third kappa shape index (κ3) is 3.09. The lowest BCUT2D eigenvalue weighted by atomic mass is 10.1. The number of benzene rings is 1. The number of azo groups is 1. The number of nitrogens with zero attached hydrogens (tertiary/aromatic N) is 2. The van der Waals surface area contributed by atoms with Gasteiger partial charge in [0.05, 0.1) is 5.69 Å². The molecular weight excluding hydrogens is 214 g/mol. The fraction of sp³-hybridized carbons (Fsp3) is 0.231. The second-order valence-corrected chi connectivity index (χ2v) is 3.82. The zero-order valence-corrected chi connectivity index (χ0v) is 9.65. The minimum Gasteiger partial charge on any atom is -0.357 e. The van der Waals surface area contributed by atoms with Crippen LogP contribution in [0.4, 0.5) is 5.69 Å². The van der Waals surface area contributed by atoms with Crippen molar-refractivity contribution in [2.75, 3.05) is 7.11 Å². The monoisotopic (exact) mass is 229 g/mol. The first-order chi connectivity index (χ1) is 8.22. The third-order valence-corrected chi connectivity index (χ3v) is 2.52. The van der Waals surface area contributed by atoms with Crippen molar-refractivity contribution < 1.29 is 4.74 Å². The van der Waals surface area contributed by atoms with Crippen LogP contribution in [-0.2, 0) is 4.74 Å². The van der Waals surface area contributed by atoms with E-state index in [9.17, 15) is 0 Å². The van der Waals surface area contributed by atoms with Crippen molar-refractivity contribution in [1.29, 1.82) is 0 Å². The average Bonchev–Trinajstić information content (AvgIpc) is 2.39. The molecule has 4 nitrogen and oxygen atoms in total. The minimum absolute atomic E-state index is 0.0815. The number of methoxy groups -OCH3 is 1. The normalized spacial score (nSPS) is 27.8. The molecule has 0 bridgehead atoms. The summed E-state index contributed by atoms with van der Waals surface area (Å²) < 4.78 is 5.12. The van der Waals surface area contributed by atoms with E-state index in [1.54, 1.807) is 19.3 Å². The number of hydrogen-bond acceptors (Lipinski definition) is 4. The summed E-state index contributed by atoms with van der Waals surface area (Å²) in [6, 6.07) is 9.53. The highest BCUT2D eigenvalue weighted by Gasteiger charge is 2.20. The molecule has 0 aromatic heterocycles. The Morgan fingerprint density at radius 3 is 2.41 bits per heavy atom. The van der Waals surface area contributed by atoms with E-state index >= 15 is 0 Å². The Bertz CT molecular complexity index is 437. The van der Waals surface area contributed by atoms with Crippen LogP contribution < -0.4 is 5.73 Å². The van der Waals surface area contributed by atoms with Gasteiger partial charge in [0.1, 0.15) is 6.04 Å². The molecule has 2 rings (SSSR count). The molecule has 4 heteroatoms. The Morgan fingerprint density at radius 1 is 1.18 bits per heavy atom. The molecule has 17 heavy (non-hydrogen) atoms. The fourth-order valence-corrected chi connectivity index (χ4v) is 1.46. The SMILES string of the molecule is COC1(N)C=CC(/N=N/c2ccccc2)C=C1. The Kier molecular flexibility index (Phi) is 3.46. The van der Waals surface area contributed by atoms with Gasteiger partial charge in [-0.15, -0.1) is 0 Å². The summed E-state index contributed by atoms with van der Waals surface area (Å²) >= 11 is 0. The quantitative estimate of drug-likeness (QED) is 0.492. The van der Waals surface area contributed by atoms with Crippen molar-refractivity contribution >= 4 is 5.69 Å². The van der Waals surface area contributed by atoms with Crippen LogP contribution in [0.5, 0.6) is 0 Å². The van der Waals surface area contributed by atoms with Gasteiger partial charge in [-0.25, -0.2) is 0 Å². The molecule has 0 heterocycles. The number of hydrogen-bond donors (Lipinski definition) is 1. The van der Waals surface area contributed by atoms with Crippen molar-refractivity contribution in [3.8, 4) is 0 Å². The third-order valence-electron chi connectivity index (χ3n) is 2.52. The van der Waals surface area contributed by atoms with Gasteiger partial charge < -0.3 is 4.74 Å². The van der Waals surface area contributed by atoms with E-state index in [0.717, 1.165) is 5.69 Å². The highest BCUT2D eigenvalue weighted by atomic mass is 16.5. The Labute approximate surface area is 101 Å². The van der Waals surface area contributed by atoms with E-state index in [4.69, 9.17) is 10.5 Å². The number of rotatable bonds is 3. The molecule has 2 N–H and O–H groups in total. The van der Waals surface area contributed by atoms with E-state index in [0.29, 0.717) is 0 Å². The van der Waals surface area contributed by atoms with Gasteiger partial charge in [-0.1, -0.05) is 30.4 Å². The summed E-state index contributed by atoms with van der Waals surface area (Å²) in [5.74, 6) is 0. The Morgan fingerprint density at radius 2 is 1.82 bits per heavy atom. The molecule has 0 unspecified atom stereocenters. The van der Waals surface area contributed by atoms with Crippen molar-refractivity contribution in [3.63, 3.8) is 0 Å². The van der Waals surface area contributed by atoms with E-state index in [1.165, 1.54) is 0 Å². The van der Waals surface area contributed by atoms with Crippen LogP contribution in [0.3, 0.4) is 0 Å². The predicted molar refractivity (Wildman–Crippen MR) is 67.0 cm³/mol. The first-order valence-electron chi connectivity index (χ1n) is 5.40. The van der Waals surface area contributed by atoms with Crippen LogP contribution in [0.2, 0.25) is 0 Å². The number of nitrogens with two attached hydrogens (primary N) is 1. The van der Waals surface area contributed by atoms with Crippen molar-refractivity contribution in [1.82, 2.24) is 0 Å². The minimum atomic E-state index is -0.807. The smallest absolute Gasteiger partial charge is 0.154 e. The van der Waals surface area contributed by atoms with Crippen LogP contribution in [0, 0.1) is 0 Å². The molecule has 1 aromatic carbocycles. The second kappa shape index (κ2) is 5.03. The first kappa shape index (κ1) is 11.7. The van der Waals surface area contributed by atoms with Gasteiger partial charge in [0.2, 0.25) is 0 Å². The van der Waals surface area contributed by atoms with E-state index in [-0.39, 0.29) is 6.04 Å². The topological polar surface area (TPSA) is 60.0 Å². The largest absolute Gasteiger partial charge is 0.357 e. The fourth-order valence-electron chi connectivity index (χ4n) is 1.46. The molecule has 88 valence electrons. The lowest BCUT2D eigenvalue weighted by Crippen LogP contribution is -2.39. The predicted octanol–water partition coefficient (Wildman–Crippen LogP) is 2.57. The lowest BCUT2D eigenvalue weighted by molar-refractivity contribution is 0.0784. The van der Waals surface area contributed by atoms with Crippen molar-refractivity contribution in [3.05, 3.63) is 54.6 Å². The summed E-state index contributed by atoms with van der Waals surface area (Å²) in [4.78, 5) is 0. The maximum atomic E-state index is 5.86. The van der Waals surface area contributed by atoms with Crippen molar-refractivity contribution in [2.45, 2.75) is 11.8 Å². The van der Waals surface area contributed by atoms with Gasteiger partial charge in [0.25, 0.3) is 0 Å². The summed E-state index contributed by atoms with van der Waals surface area (Å²) in [5, 5.41) is 8.34. The summed E-state index contributed by atoms with van der Waals surface area (Å²) in [6.07, 6.45) is 7.30. The maximum Gasteiger partial charge on any atom is 0.154 e. The number of ether oxygens (including phenoxy) is 1. The molecule has 0 amide bonds. The van der Waals surface area contributed by atoms with Gasteiger partial charge in [0, 0.05) is 7.11 Å². The van der Waals surface area contributed by atoms with E-state index in [1.807, 2.05) is 42.5 Å². The average molecular weight is 229 g/mol. The Hall–Kier alpha value is -1.78. The van der Waals surface area contributed by atoms with E-state index < -0.39 is 5.72 Å². The molecule has 0 atom stereocenters. The van der Waals surface area contributed by atoms with Gasteiger partial charge in [0.15, 0.2) is 5.72 Å². The van der Waals surface area contributed by atoms with Gasteiger partial charge in [-0.3, -0.25) is 5.73 Å². The highest BCUT2D eigenvalue weighted by molar-refractivity contribution is 5.35. The van der Waals surface area contributed by atoms with Crippen LogP contribution in [-0.4, -0.2) is 18.9 Å². The molecule has 0 aliphatic heterocycles. The van der Waals surface area contributed by atoms with Crippen LogP contribution in [0.25, 0.3) is 0 Å². The van der Waals surface area contributed by atoms with Crippen LogP contribution in [0.15, 0.2) is 64.9 Å². The van der Waals surface area contributed by atoms with Crippen LogP contribution in [0.1, 0.15) is 0 Å². The summed E-state index contributed by atoms with van der Waals surface area (Å²) in [7, 11) is 1.57. The molecule has 1 aliphatic carbocycles. The molecule has 0 fully saturated rings. The molecular formula is C13H15N3O. The molecule has 0 radical (unpaired) electrons. The zero-order valence-electron chi connectivity index (χ0n) is 9.65. The zero-order chi connectivity index (χ0) is 12.1. The molecule has 0 spiro atoms. The summed E-state index contributed by atoms with van der Waals surface area (Å²) in [5.41, 5.74) is 5.89.